The van der Waals surface area contributed by atoms with Crippen LogP contribution in [-0.2, 0) is 30.3 Å². The van der Waals surface area contributed by atoms with Gasteiger partial charge in [0.15, 0.2) is 0 Å². The normalized spacial score (nSPS) is 21.4. The molecule has 0 saturated carbocycles. The van der Waals surface area contributed by atoms with Crippen molar-refractivity contribution in [3.8, 4) is 0 Å². The van der Waals surface area contributed by atoms with E-state index in [1.807, 2.05) is 17.5 Å². The number of carboxylic acid groups (broad SMARTS) is 1. The number of ether oxygens (including phenoxy) is 1. The molecule has 0 bridgehead atoms. The smallest absolute Gasteiger partial charge is 0.352 e. The van der Waals surface area contributed by atoms with Crippen molar-refractivity contribution >= 4 is 46.9 Å². The molecule has 1 fully saturated rings. The number of carboxylic acids is 1. The van der Waals surface area contributed by atoms with Crippen LogP contribution in [-0.4, -0.2) is 57.5 Å². The molecule has 0 aromatic carbocycles. The number of β-lactam (4-membered cyclic amide) rings is 1. The number of rotatable bonds is 7. The van der Waals surface area contributed by atoms with E-state index in [1.165, 1.54) is 34.9 Å². The lowest BCUT2D eigenvalue weighted by Crippen LogP contribution is -2.72. The maximum Gasteiger partial charge on any atom is 0.352 e. The predicted octanol–water partition coefficient (Wildman–Crippen LogP) is 0.0969. The Kier molecular flexibility index (Phi) is 5.82. The average Bonchev–Trinajstić information content (AvgIpc) is 3.11. The van der Waals surface area contributed by atoms with Crippen molar-refractivity contribution in [1.82, 2.24) is 15.8 Å². The summed E-state index contributed by atoms with van der Waals surface area (Å²) in [5.41, 5.74) is 5.41. The minimum Gasteiger partial charge on any atom is -0.477 e. The fraction of sp³-hybridized carbons (Fsp3) is 0.375. The molecule has 2 aliphatic heterocycles. The van der Waals surface area contributed by atoms with Crippen molar-refractivity contribution in [2.45, 2.75) is 24.8 Å². The van der Waals surface area contributed by atoms with Crippen LogP contribution < -0.4 is 10.9 Å². The van der Waals surface area contributed by atoms with Crippen LogP contribution in [0.1, 0.15) is 11.8 Å². The number of hydrazine groups is 1. The Labute approximate surface area is 162 Å². The number of esters is 1. The molecule has 3 heterocycles. The summed E-state index contributed by atoms with van der Waals surface area (Å²) in [6.45, 7) is 1.06. The molecule has 1 unspecified atom stereocenters. The Morgan fingerprint density at radius 3 is 2.81 bits per heavy atom. The third kappa shape index (κ3) is 4.15. The third-order valence-corrected chi connectivity index (χ3v) is 6.20. The van der Waals surface area contributed by atoms with Crippen molar-refractivity contribution in [3.63, 3.8) is 0 Å². The molecule has 144 valence electrons. The number of thiophene rings is 1. The number of hydrogen-bond acceptors (Lipinski definition) is 8. The molecule has 11 heteroatoms. The Morgan fingerprint density at radius 1 is 1.41 bits per heavy atom. The van der Waals surface area contributed by atoms with E-state index < -0.39 is 29.3 Å². The van der Waals surface area contributed by atoms with Crippen molar-refractivity contribution < 1.29 is 29.0 Å². The van der Waals surface area contributed by atoms with Gasteiger partial charge in [0.05, 0.1) is 6.42 Å². The van der Waals surface area contributed by atoms with Crippen molar-refractivity contribution in [1.29, 1.82) is 0 Å². The molecule has 3 N–H and O–H groups in total. The molecule has 2 aliphatic rings. The first-order valence-electron chi connectivity index (χ1n) is 7.98. The molecular weight excluding hydrogens is 394 g/mol. The molecule has 0 aliphatic carbocycles. The molecule has 3 rings (SSSR count). The van der Waals surface area contributed by atoms with E-state index in [9.17, 15) is 24.3 Å². The zero-order valence-corrected chi connectivity index (χ0v) is 15.9. The van der Waals surface area contributed by atoms with Crippen molar-refractivity contribution in [2.75, 3.05) is 12.4 Å². The summed E-state index contributed by atoms with van der Waals surface area (Å²) in [6.07, 6.45) is 0.194. The minimum atomic E-state index is -1.25. The van der Waals surface area contributed by atoms with Gasteiger partial charge in [0.2, 0.25) is 11.8 Å². The van der Waals surface area contributed by atoms with Gasteiger partial charge in [0.1, 0.15) is 23.7 Å². The average molecular weight is 411 g/mol. The molecule has 2 atom stereocenters. The lowest BCUT2D eigenvalue weighted by molar-refractivity contribution is -0.150. The maximum absolute atomic E-state index is 12.4. The molecule has 0 spiro atoms. The van der Waals surface area contributed by atoms with Gasteiger partial charge in [0, 0.05) is 23.1 Å². The second-order valence-corrected chi connectivity index (χ2v) is 8.01. The number of carbonyl (C=O) groups is 4. The maximum atomic E-state index is 12.4. The molecule has 1 aromatic heterocycles. The highest BCUT2D eigenvalue weighted by atomic mass is 32.2. The van der Waals surface area contributed by atoms with Gasteiger partial charge in [-0.1, -0.05) is 6.07 Å². The van der Waals surface area contributed by atoms with Gasteiger partial charge < -0.3 is 9.84 Å². The van der Waals surface area contributed by atoms with Gasteiger partial charge in [-0.15, -0.1) is 23.1 Å². The summed E-state index contributed by atoms with van der Waals surface area (Å²) in [5.74, 6) is -2.21. The summed E-state index contributed by atoms with van der Waals surface area (Å²) < 4.78 is 4.88. The van der Waals surface area contributed by atoms with Gasteiger partial charge in [0.25, 0.3) is 0 Å². The first kappa shape index (κ1) is 19.4. The van der Waals surface area contributed by atoms with Crippen LogP contribution in [0, 0.1) is 0 Å². The number of carbonyl (C=O) groups excluding carboxylic acids is 3. The van der Waals surface area contributed by atoms with E-state index >= 15 is 0 Å². The predicted molar refractivity (Wildman–Crippen MR) is 97.5 cm³/mol. The van der Waals surface area contributed by atoms with Crippen LogP contribution in [0.3, 0.4) is 0 Å². The fourth-order valence-electron chi connectivity index (χ4n) is 2.76. The molecule has 1 aromatic rings. The van der Waals surface area contributed by atoms with E-state index in [2.05, 4.69) is 10.9 Å². The van der Waals surface area contributed by atoms with Crippen LogP contribution in [0.2, 0.25) is 0 Å². The standard InChI is InChI=1S/C16H17N3O6S2/c1-8(20)25-6-9-7-27-15-12(14(22)19(15)13(9)16(23)24)18-17-11(21)5-10-3-2-4-26-10/h2-4,12,15,18H,5-7H2,1H3,(H,17,21)(H,23,24)/t12?,15-/m0/s1. The van der Waals surface area contributed by atoms with Gasteiger partial charge in [-0.3, -0.25) is 24.7 Å². The molecule has 2 amide bonds. The second kappa shape index (κ2) is 8.11. The van der Waals surface area contributed by atoms with E-state index in [4.69, 9.17) is 4.74 Å². The lowest BCUT2D eigenvalue weighted by atomic mass is 10.0. The number of nitrogens with one attached hydrogen (secondary N) is 2. The quantitative estimate of drug-likeness (QED) is 0.328. The number of thioether (sulfide) groups is 1. The van der Waals surface area contributed by atoms with E-state index in [0.29, 0.717) is 11.3 Å². The van der Waals surface area contributed by atoms with Gasteiger partial charge in [-0.05, 0) is 11.4 Å². The fourth-order valence-corrected chi connectivity index (χ4v) is 4.79. The summed E-state index contributed by atoms with van der Waals surface area (Å²) in [6, 6.07) is 2.97. The highest BCUT2D eigenvalue weighted by Gasteiger charge is 2.53. The first-order valence-corrected chi connectivity index (χ1v) is 9.91. The van der Waals surface area contributed by atoms with Crippen molar-refractivity contribution in [2.24, 2.45) is 0 Å². The summed E-state index contributed by atoms with van der Waals surface area (Å²) in [5, 5.41) is 10.9. The second-order valence-electron chi connectivity index (χ2n) is 5.87. The number of nitrogens with zero attached hydrogens (tertiary/aromatic N) is 1. The highest BCUT2D eigenvalue weighted by Crippen LogP contribution is 2.40. The molecule has 1 saturated heterocycles. The number of hydrogen-bond donors (Lipinski definition) is 3. The van der Waals surface area contributed by atoms with Crippen LogP contribution in [0.5, 0.6) is 0 Å². The molecular formula is C16H17N3O6S2. The third-order valence-electron chi connectivity index (χ3n) is 3.98. The Hall–Kier alpha value is -2.37. The SMILES string of the molecule is CC(=O)OCC1=C(C(=O)O)N2C(=O)C(NNC(=O)Cc3cccs3)[C@@H]2SC1. The largest absolute Gasteiger partial charge is 0.477 e. The highest BCUT2D eigenvalue weighted by molar-refractivity contribution is 8.00. The molecule has 9 nitrogen and oxygen atoms in total. The van der Waals surface area contributed by atoms with Crippen LogP contribution in [0.25, 0.3) is 0 Å². The van der Waals surface area contributed by atoms with Gasteiger partial charge in [-0.25, -0.2) is 10.2 Å². The van der Waals surface area contributed by atoms with Crippen LogP contribution in [0.15, 0.2) is 28.8 Å². The minimum absolute atomic E-state index is 0.159. The van der Waals surface area contributed by atoms with Crippen LogP contribution >= 0.6 is 23.1 Å². The number of fused-ring (bicyclic) bond motifs is 1. The van der Waals surface area contributed by atoms with Gasteiger partial charge >= 0.3 is 11.9 Å². The van der Waals surface area contributed by atoms with E-state index in [0.717, 1.165) is 4.88 Å². The molecule has 0 radical (unpaired) electrons. The molecule has 27 heavy (non-hydrogen) atoms. The zero-order chi connectivity index (χ0) is 19.6. The van der Waals surface area contributed by atoms with E-state index in [-0.39, 0.29) is 24.6 Å². The Bertz CT molecular complexity index is 807. The number of amides is 2. The summed E-state index contributed by atoms with van der Waals surface area (Å²) >= 11 is 2.80. The lowest BCUT2D eigenvalue weighted by Gasteiger charge is -2.49. The Morgan fingerprint density at radius 2 is 2.19 bits per heavy atom. The van der Waals surface area contributed by atoms with Gasteiger partial charge in [-0.2, -0.15) is 0 Å². The topological polar surface area (TPSA) is 125 Å². The first-order chi connectivity index (χ1) is 12.9. The van der Waals surface area contributed by atoms with Crippen molar-refractivity contribution in [3.05, 3.63) is 33.7 Å². The Balaban J connectivity index is 1.62. The summed E-state index contributed by atoms with van der Waals surface area (Å²) in [4.78, 5) is 49.0. The monoisotopic (exact) mass is 411 g/mol. The summed E-state index contributed by atoms with van der Waals surface area (Å²) in [7, 11) is 0. The number of aliphatic carboxylic acids is 1. The van der Waals surface area contributed by atoms with E-state index in [1.54, 1.807) is 0 Å². The zero-order valence-electron chi connectivity index (χ0n) is 14.3. The van der Waals surface area contributed by atoms with Crippen LogP contribution in [0.4, 0.5) is 0 Å².